The molecule has 0 aliphatic carbocycles. The van der Waals surface area contributed by atoms with Crippen LogP contribution < -0.4 is 5.32 Å². The van der Waals surface area contributed by atoms with Gasteiger partial charge >= 0.3 is 0 Å². The minimum absolute atomic E-state index is 0.201. The molecule has 4 rings (SSSR count). The van der Waals surface area contributed by atoms with E-state index in [2.05, 4.69) is 39.7 Å². The molecular formula is C20H16N4O. The highest BCUT2D eigenvalue weighted by atomic mass is 16.1. The lowest BCUT2D eigenvalue weighted by atomic mass is 10.0. The van der Waals surface area contributed by atoms with Gasteiger partial charge in [-0.3, -0.25) is 9.78 Å². The Kier molecular flexibility index (Phi) is 3.96. The topological polar surface area (TPSA) is 59.8 Å². The molecule has 0 aliphatic rings. The molecular weight excluding hydrogens is 312 g/mol. The summed E-state index contributed by atoms with van der Waals surface area (Å²) in [5, 5.41) is 9.62. The predicted molar refractivity (Wildman–Crippen MR) is 97.5 cm³/mol. The van der Waals surface area contributed by atoms with Gasteiger partial charge in [-0.25, -0.2) is 4.68 Å². The smallest absolute Gasteiger partial charge is 0.258 e. The minimum Gasteiger partial charge on any atom is -0.307 e. The quantitative estimate of drug-likeness (QED) is 0.621. The summed E-state index contributed by atoms with van der Waals surface area (Å²) in [6.07, 6.45) is 4.87. The molecule has 2 aromatic carbocycles. The number of aromatic nitrogens is 3. The van der Waals surface area contributed by atoms with Crippen LogP contribution in [0.1, 0.15) is 15.9 Å². The van der Waals surface area contributed by atoms with Crippen LogP contribution in [-0.4, -0.2) is 20.7 Å². The van der Waals surface area contributed by atoms with Crippen molar-refractivity contribution in [3.05, 3.63) is 90.4 Å². The van der Waals surface area contributed by atoms with Crippen molar-refractivity contribution >= 4 is 22.5 Å². The molecule has 25 heavy (non-hydrogen) atoms. The summed E-state index contributed by atoms with van der Waals surface area (Å²) in [4.78, 5) is 16.3. The maximum absolute atomic E-state index is 12.3. The van der Waals surface area contributed by atoms with Gasteiger partial charge in [0.1, 0.15) is 5.82 Å². The molecule has 5 heteroatoms. The monoisotopic (exact) mass is 328 g/mol. The standard InChI is InChI=1S/C20H16N4O/c25-20(16-8-4-11-21-13-16)23-19-10-12-22-24(19)14-17-7-3-6-15-5-1-2-9-18(15)17/h1-13H,14H2,(H,23,25). The van der Waals surface area contributed by atoms with E-state index < -0.39 is 0 Å². The Bertz CT molecular complexity index is 1020. The van der Waals surface area contributed by atoms with Crippen molar-refractivity contribution in [1.82, 2.24) is 14.8 Å². The Balaban J connectivity index is 1.60. The second kappa shape index (κ2) is 6.57. The molecule has 4 aromatic rings. The number of carbonyl (C=O) groups is 1. The number of amides is 1. The first-order chi connectivity index (χ1) is 12.3. The van der Waals surface area contributed by atoms with Gasteiger partial charge in [0.2, 0.25) is 0 Å². The third-order valence-corrected chi connectivity index (χ3v) is 4.08. The van der Waals surface area contributed by atoms with Crippen molar-refractivity contribution in [3.63, 3.8) is 0 Å². The zero-order valence-electron chi connectivity index (χ0n) is 13.5. The van der Waals surface area contributed by atoms with Gasteiger partial charge in [0.05, 0.1) is 18.3 Å². The van der Waals surface area contributed by atoms with Crippen molar-refractivity contribution < 1.29 is 4.79 Å². The van der Waals surface area contributed by atoms with E-state index >= 15 is 0 Å². The van der Waals surface area contributed by atoms with Crippen LogP contribution in [0.15, 0.2) is 79.3 Å². The van der Waals surface area contributed by atoms with E-state index in [1.807, 2.05) is 18.2 Å². The molecule has 0 unspecified atom stereocenters. The van der Waals surface area contributed by atoms with Gasteiger partial charge in [0.25, 0.3) is 5.91 Å². The van der Waals surface area contributed by atoms with E-state index in [0.717, 1.165) is 5.56 Å². The Morgan fingerprint density at radius 2 is 1.84 bits per heavy atom. The highest BCUT2D eigenvalue weighted by molar-refractivity contribution is 6.03. The van der Waals surface area contributed by atoms with Crippen molar-refractivity contribution in [1.29, 1.82) is 0 Å². The third kappa shape index (κ3) is 3.12. The van der Waals surface area contributed by atoms with Crippen molar-refractivity contribution in [2.45, 2.75) is 6.54 Å². The van der Waals surface area contributed by atoms with Crippen LogP contribution in [-0.2, 0) is 6.54 Å². The van der Waals surface area contributed by atoms with Crippen LogP contribution in [0.3, 0.4) is 0 Å². The summed E-state index contributed by atoms with van der Waals surface area (Å²) in [7, 11) is 0. The lowest BCUT2D eigenvalue weighted by Crippen LogP contribution is -2.16. The fourth-order valence-electron chi connectivity index (χ4n) is 2.84. The third-order valence-electron chi connectivity index (χ3n) is 4.08. The fraction of sp³-hybridized carbons (Fsp3) is 0.0500. The van der Waals surface area contributed by atoms with Gasteiger partial charge in [0.15, 0.2) is 0 Å². The highest BCUT2D eigenvalue weighted by Gasteiger charge is 2.10. The number of pyridine rings is 1. The fourth-order valence-corrected chi connectivity index (χ4v) is 2.84. The number of hydrogen-bond acceptors (Lipinski definition) is 3. The summed E-state index contributed by atoms with van der Waals surface area (Å²) in [5.74, 6) is 0.453. The number of benzene rings is 2. The van der Waals surface area contributed by atoms with E-state index in [1.54, 1.807) is 41.5 Å². The lowest BCUT2D eigenvalue weighted by Gasteiger charge is -2.11. The Morgan fingerprint density at radius 3 is 2.72 bits per heavy atom. The second-order valence-electron chi connectivity index (χ2n) is 5.71. The van der Waals surface area contributed by atoms with E-state index in [9.17, 15) is 4.79 Å². The average molecular weight is 328 g/mol. The number of nitrogens with one attached hydrogen (secondary N) is 1. The number of fused-ring (bicyclic) bond motifs is 1. The molecule has 0 fully saturated rings. The van der Waals surface area contributed by atoms with Gasteiger partial charge < -0.3 is 5.32 Å². The van der Waals surface area contributed by atoms with Crippen molar-refractivity contribution in [2.24, 2.45) is 0 Å². The Labute approximate surface area is 144 Å². The van der Waals surface area contributed by atoms with Crippen LogP contribution in [0.25, 0.3) is 10.8 Å². The van der Waals surface area contributed by atoms with Gasteiger partial charge in [-0.15, -0.1) is 0 Å². The largest absolute Gasteiger partial charge is 0.307 e. The van der Waals surface area contributed by atoms with Gasteiger partial charge in [-0.2, -0.15) is 5.10 Å². The molecule has 0 saturated carbocycles. The second-order valence-corrected chi connectivity index (χ2v) is 5.71. The maximum Gasteiger partial charge on any atom is 0.258 e. The van der Waals surface area contributed by atoms with Crippen molar-refractivity contribution in [2.75, 3.05) is 5.32 Å². The number of anilines is 1. The summed E-state index contributed by atoms with van der Waals surface area (Å²) in [5.41, 5.74) is 1.67. The molecule has 1 N–H and O–H groups in total. The van der Waals surface area contributed by atoms with E-state index in [0.29, 0.717) is 17.9 Å². The SMILES string of the molecule is O=C(Nc1ccnn1Cc1cccc2ccccc12)c1cccnc1. The molecule has 2 heterocycles. The van der Waals surface area contributed by atoms with Crippen molar-refractivity contribution in [3.8, 4) is 0 Å². The number of carbonyl (C=O) groups excluding carboxylic acids is 1. The summed E-state index contributed by atoms with van der Waals surface area (Å²) in [6.45, 7) is 0.580. The van der Waals surface area contributed by atoms with Crippen LogP contribution in [0, 0.1) is 0 Å². The first-order valence-electron chi connectivity index (χ1n) is 8.01. The Morgan fingerprint density at radius 1 is 0.960 bits per heavy atom. The molecule has 0 aliphatic heterocycles. The molecule has 0 radical (unpaired) electrons. The zero-order chi connectivity index (χ0) is 17.1. The van der Waals surface area contributed by atoms with Gasteiger partial charge in [-0.05, 0) is 28.5 Å². The summed E-state index contributed by atoms with van der Waals surface area (Å²) >= 11 is 0. The van der Waals surface area contributed by atoms with E-state index in [-0.39, 0.29) is 5.91 Å². The highest BCUT2D eigenvalue weighted by Crippen LogP contribution is 2.20. The lowest BCUT2D eigenvalue weighted by molar-refractivity contribution is 0.102. The van der Waals surface area contributed by atoms with Crippen LogP contribution >= 0.6 is 0 Å². The predicted octanol–water partition coefficient (Wildman–Crippen LogP) is 3.73. The van der Waals surface area contributed by atoms with E-state index in [4.69, 9.17) is 0 Å². The molecule has 5 nitrogen and oxygen atoms in total. The van der Waals surface area contributed by atoms with Crippen LogP contribution in [0.2, 0.25) is 0 Å². The zero-order valence-corrected chi connectivity index (χ0v) is 13.5. The van der Waals surface area contributed by atoms with Gasteiger partial charge in [-0.1, -0.05) is 42.5 Å². The first-order valence-corrected chi connectivity index (χ1v) is 8.01. The number of nitrogens with zero attached hydrogens (tertiary/aromatic N) is 3. The molecule has 0 saturated heterocycles. The Hall–Kier alpha value is -3.47. The molecule has 0 bridgehead atoms. The number of rotatable bonds is 4. The molecule has 0 spiro atoms. The van der Waals surface area contributed by atoms with Crippen LogP contribution in [0.4, 0.5) is 5.82 Å². The molecule has 122 valence electrons. The van der Waals surface area contributed by atoms with Gasteiger partial charge in [0, 0.05) is 18.5 Å². The average Bonchev–Trinajstić information content (AvgIpc) is 3.09. The molecule has 1 amide bonds. The first kappa shape index (κ1) is 15.1. The van der Waals surface area contributed by atoms with Crippen LogP contribution in [0.5, 0.6) is 0 Å². The van der Waals surface area contributed by atoms with E-state index in [1.165, 1.54) is 10.8 Å². The maximum atomic E-state index is 12.3. The summed E-state index contributed by atoms with van der Waals surface area (Å²) < 4.78 is 1.79. The number of hydrogen-bond donors (Lipinski definition) is 1. The minimum atomic E-state index is -0.201. The summed E-state index contributed by atoms with van der Waals surface area (Å²) in [6, 6.07) is 19.7. The normalized spacial score (nSPS) is 10.7. The molecule has 2 aromatic heterocycles. The molecule has 0 atom stereocenters.